The average Bonchev–Trinajstić information content (AvgIpc) is 2.56. The largest absolute Gasteiger partial charge is 0.402 e. The van der Waals surface area contributed by atoms with Crippen LogP contribution >= 0.6 is 23.2 Å². The Kier molecular flexibility index (Phi) is 4.55. The maximum absolute atomic E-state index is 12.1. The minimum Gasteiger partial charge on any atom is -0.402 e. The summed E-state index contributed by atoms with van der Waals surface area (Å²) in [6.45, 7) is 0. The van der Waals surface area contributed by atoms with Crippen molar-refractivity contribution in [2.45, 2.75) is 0 Å². The van der Waals surface area contributed by atoms with Crippen molar-refractivity contribution in [1.29, 1.82) is 0 Å². The summed E-state index contributed by atoms with van der Waals surface area (Å²) in [6, 6.07) is 17.4. The van der Waals surface area contributed by atoms with Crippen LogP contribution in [0, 0.1) is 0 Å². The van der Waals surface area contributed by atoms with E-state index in [-0.39, 0.29) is 16.5 Å². The fourth-order valence-electron chi connectivity index (χ4n) is 1.94. The van der Waals surface area contributed by atoms with Gasteiger partial charge in [-0.1, -0.05) is 53.5 Å². The van der Waals surface area contributed by atoms with Crippen molar-refractivity contribution < 1.29 is 9.53 Å². The normalized spacial score (nSPS) is 10.3. The predicted molar refractivity (Wildman–Crippen MR) is 88.9 cm³/mol. The predicted octanol–water partition coefficient (Wildman–Crippen LogP) is 4.67. The van der Waals surface area contributed by atoms with E-state index in [9.17, 15) is 4.79 Å². The molecule has 0 atom stereocenters. The van der Waals surface area contributed by atoms with E-state index in [1.165, 1.54) is 12.1 Å². The molecule has 0 bridgehead atoms. The molecule has 2 aromatic carbocycles. The van der Waals surface area contributed by atoms with E-state index in [1.807, 2.05) is 30.3 Å². The number of aromatic nitrogens is 2. The zero-order valence-corrected chi connectivity index (χ0v) is 13.3. The number of carbonyl (C=O) groups excluding carboxylic acids is 1. The molecule has 0 saturated heterocycles. The second-order valence-electron chi connectivity index (χ2n) is 4.64. The fourth-order valence-corrected chi connectivity index (χ4v) is 2.43. The lowest BCUT2D eigenvalue weighted by Gasteiger charge is -2.05. The van der Waals surface area contributed by atoms with Crippen LogP contribution in [0.25, 0.3) is 11.3 Å². The van der Waals surface area contributed by atoms with Gasteiger partial charge in [0.05, 0.1) is 16.3 Å². The van der Waals surface area contributed by atoms with Crippen molar-refractivity contribution >= 4 is 29.2 Å². The Morgan fingerprint density at radius 1 is 0.913 bits per heavy atom. The maximum Gasteiger partial charge on any atom is 0.346 e. The van der Waals surface area contributed by atoms with Gasteiger partial charge in [-0.05, 0) is 24.3 Å². The van der Waals surface area contributed by atoms with Crippen LogP contribution < -0.4 is 4.74 Å². The van der Waals surface area contributed by atoms with Crippen LogP contribution in [0.3, 0.4) is 0 Å². The molecular weight excluding hydrogens is 335 g/mol. The Balaban J connectivity index is 1.77. The number of ether oxygens (including phenoxy) is 1. The minimum absolute atomic E-state index is 0.0979. The molecule has 0 fully saturated rings. The molecule has 0 aliphatic rings. The molecule has 1 aromatic heterocycles. The Labute approximate surface area is 142 Å². The van der Waals surface area contributed by atoms with Crippen molar-refractivity contribution in [2.75, 3.05) is 0 Å². The molecule has 0 aliphatic carbocycles. The quantitative estimate of drug-likeness (QED) is 0.648. The summed E-state index contributed by atoms with van der Waals surface area (Å²) >= 11 is 11.8. The summed E-state index contributed by atoms with van der Waals surface area (Å²) in [5, 5.41) is 8.62. The summed E-state index contributed by atoms with van der Waals surface area (Å²) in [6.07, 6.45) is 0. The summed E-state index contributed by atoms with van der Waals surface area (Å²) in [5.74, 6) is -0.519. The molecule has 114 valence electrons. The van der Waals surface area contributed by atoms with Crippen LogP contribution in [-0.2, 0) is 0 Å². The van der Waals surface area contributed by atoms with Gasteiger partial charge >= 0.3 is 5.97 Å². The highest BCUT2D eigenvalue weighted by Crippen LogP contribution is 2.23. The lowest BCUT2D eigenvalue weighted by molar-refractivity contribution is 0.0726. The second-order valence-corrected chi connectivity index (χ2v) is 5.48. The van der Waals surface area contributed by atoms with Crippen LogP contribution in [-0.4, -0.2) is 16.2 Å². The van der Waals surface area contributed by atoms with Crippen molar-refractivity contribution in [3.05, 3.63) is 76.3 Å². The van der Waals surface area contributed by atoms with Gasteiger partial charge in [0.15, 0.2) is 0 Å². The highest BCUT2D eigenvalue weighted by molar-refractivity contribution is 6.36. The number of hydrogen-bond donors (Lipinski definition) is 0. The lowest BCUT2D eigenvalue weighted by atomic mass is 10.1. The summed E-state index contributed by atoms with van der Waals surface area (Å²) in [5.41, 5.74) is 1.83. The van der Waals surface area contributed by atoms with Crippen LogP contribution in [0.15, 0.2) is 60.7 Å². The highest BCUT2D eigenvalue weighted by Gasteiger charge is 2.14. The van der Waals surface area contributed by atoms with Crippen LogP contribution in [0.2, 0.25) is 10.0 Å². The van der Waals surface area contributed by atoms with Crippen LogP contribution in [0.4, 0.5) is 0 Å². The number of rotatable bonds is 3. The van der Waals surface area contributed by atoms with Gasteiger partial charge in [0, 0.05) is 16.7 Å². The first-order valence-electron chi connectivity index (χ1n) is 6.70. The van der Waals surface area contributed by atoms with Gasteiger partial charge in [-0.25, -0.2) is 4.79 Å². The SMILES string of the molecule is O=C(Oc1ccc(-c2ccccc2)nn1)c1ccc(Cl)cc1Cl. The van der Waals surface area contributed by atoms with E-state index in [0.717, 1.165) is 5.56 Å². The van der Waals surface area contributed by atoms with Crippen molar-refractivity contribution in [2.24, 2.45) is 0 Å². The molecule has 6 heteroatoms. The Morgan fingerprint density at radius 2 is 1.70 bits per heavy atom. The molecule has 0 spiro atoms. The molecule has 0 unspecified atom stereocenters. The Morgan fingerprint density at radius 3 is 2.35 bits per heavy atom. The standard InChI is InChI=1S/C17H10Cl2N2O2/c18-12-6-7-13(14(19)10-12)17(22)23-16-9-8-15(20-21-16)11-4-2-1-3-5-11/h1-10H. The third kappa shape index (κ3) is 3.67. The molecule has 4 nitrogen and oxygen atoms in total. The number of hydrogen-bond acceptors (Lipinski definition) is 4. The van der Waals surface area contributed by atoms with Crippen LogP contribution in [0.5, 0.6) is 5.88 Å². The molecule has 23 heavy (non-hydrogen) atoms. The summed E-state index contributed by atoms with van der Waals surface area (Å²) in [7, 11) is 0. The number of benzene rings is 2. The number of halogens is 2. The molecule has 0 N–H and O–H groups in total. The third-order valence-electron chi connectivity index (χ3n) is 3.06. The number of nitrogens with zero attached hydrogens (tertiary/aromatic N) is 2. The van der Waals surface area contributed by atoms with Gasteiger partial charge in [0.25, 0.3) is 0 Å². The smallest absolute Gasteiger partial charge is 0.346 e. The molecule has 0 amide bonds. The van der Waals surface area contributed by atoms with Gasteiger partial charge in [-0.15, -0.1) is 10.2 Å². The van der Waals surface area contributed by atoms with Gasteiger partial charge < -0.3 is 4.74 Å². The first kappa shape index (κ1) is 15.5. The Bertz CT molecular complexity index is 837. The molecule has 0 saturated carbocycles. The lowest BCUT2D eigenvalue weighted by Crippen LogP contribution is -2.10. The van der Waals surface area contributed by atoms with E-state index in [2.05, 4.69) is 10.2 Å². The zero-order chi connectivity index (χ0) is 16.2. The van der Waals surface area contributed by atoms with Gasteiger partial charge in [-0.2, -0.15) is 0 Å². The average molecular weight is 345 g/mol. The first-order valence-corrected chi connectivity index (χ1v) is 7.45. The van der Waals surface area contributed by atoms with Crippen LogP contribution in [0.1, 0.15) is 10.4 Å². The number of esters is 1. The maximum atomic E-state index is 12.1. The van der Waals surface area contributed by atoms with Gasteiger partial charge in [0.1, 0.15) is 0 Å². The highest BCUT2D eigenvalue weighted by atomic mass is 35.5. The van der Waals surface area contributed by atoms with E-state index >= 15 is 0 Å². The molecule has 0 aliphatic heterocycles. The van der Waals surface area contributed by atoms with Gasteiger partial charge in [0.2, 0.25) is 5.88 Å². The Hall–Kier alpha value is -2.43. The van der Waals surface area contributed by atoms with E-state index in [4.69, 9.17) is 27.9 Å². The van der Waals surface area contributed by atoms with Crippen molar-refractivity contribution in [3.8, 4) is 17.1 Å². The summed E-state index contributed by atoms with van der Waals surface area (Å²) < 4.78 is 5.17. The molecule has 3 aromatic rings. The first-order chi connectivity index (χ1) is 11.1. The fraction of sp³-hybridized carbons (Fsp3) is 0. The molecular formula is C17H10Cl2N2O2. The third-order valence-corrected chi connectivity index (χ3v) is 3.61. The van der Waals surface area contributed by atoms with E-state index in [0.29, 0.717) is 10.7 Å². The molecule has 0 radical (unpaired) electrons. The minimum atomic E-state index is -0.617. The monoisotopic (exact) mass is 344 g/mol. The second kappa shape index (κ2) is 6.77. The van der Waals surface area contributed by atoms with Gasteiger partial charge in [-0.3, -0.25) is 0 Å². The number of carbonyl (C=O) groups is 1. The van der Waals surface area contributed by atoms with Crippen molar-refractivity contribution in [3.63, 3.8) is 0 Å². The molecule has 3 rings (SSSR count). The summed E-state index contributed by atoms with van der Waals surface area (Å²) in [4.78, 5) is 12.1. The molecule has 1 heterocycles. The topological polar surface area (TPSA) is 52.1 Å². The van der Waals surface area contributed by atoms with Crippen molar-refractivity contribution in [1.82, 2.24) is 10.2 Å². The van der Waals surface area contributed by atoms with E-state index < -0.39 is 5.97 Å². The van der Waals surface area contributed by atoms with E-state index in [1.54, 1.807) is 18.2 Å². The zero-order valence-electron chi connectivity index (χ0n) is 11.7.